The zero-order valence-corrected chi connectivity index (χ0v) is 14.0. The summed E-state index contributed by atoms with van der Waals surface area (Å²) >= 11 is 1.59. The maximum atomic E-state index is 12.3. The highest BCUT2D eigenvalue weighted by atomic mass is 32.2. The molecule has 0 aliphatic carbocycles. The lowest BCUT2D eigenvalue weighted by Crippen LogP contribution is -2.23. The lowest BCUT2D eigenvalue weighted by atomic mass is 10.3. The fraction of sp³-hybridized carbons (Fsp3) is 0.462. The van der Waals surface area contributed by atoms with Crippen LogP contribution in [0.4, 0.5) is 5.82 Å². The van der Waals surface area contributed by atoms with E-state index in [1.165, 1.54) is 16.6 Å². The molecule has 0 saturated heterocycles. The molecule has 0 aliphatic heterocycles. The predicted octanol–water partition coefficient (Wildman–Crippen LogP) is 2.03. The molecular weight excluding hydrogens is 308 g/mol. The lowest BCUT2D eigenvalue weighted by molar-refractivity contribution is 0.579. The Bertz CT molecular complexity index is 712. The highest BCUT2D eigenvalue weighted by Gasteiger charge is 2.21. The van der Waals surface area contributed by atoms with Gasteiger partial charge < -0.3 is 5.73 Å². The molecule has 2 rings (SSSR count). The number of aromatic nitrogens is 2. The summed E-state index contributed by atoms with van der Waals surface area (Å²) in [5, 5.41) is 4.02. The quantitative estimate of drug-likeness (QED) is 0.849. The summed E-state index contributed by atoms with van der Waals surface area (Å²) in [6, 6.07) is 1.99. The van der Waals surface area contributed by atoms with Gasteiger partial charge in [0.05, 0.1) is 0 Å². The van der Waals surface area contributed by atoms with Crippen LogP contribution in [-0.2, 0) is 23.1 Å². The molecule has 2 aromatic heterocycles. The van der Waals surface area contributed by atoms with Gasteiger partial charge in [-0.25, -0.2) is 13.1 Å². The minimum atomic E-state index is -3.64. The molecule has 0 spiro atoms. The summed E-state index contributed by atoms with van der Waals surface area (Å²) in [5.41, 5.74) is 6.88. The normalized spacial score (nSPS) is 12.0. The van der Waals surface area contributed by atoms with E-state index in [4.69, 9.17) is 5.73 Å². The van der Waals surface area contributed by atoms with E-state index in [-0.39, 0.29) is 17.3 Å². The molecule has 21 heavy (non-hydrogen) atoms. The van der Waals surface area contributed by atoms with Crippen molar-refractivity contribution in [3.8, 4) is 0 Å². The standard InChI is InChI=1S/C13H20N4O2S2/c1-4-5-17-8-12(13(14)16-17)21(18,19)15-7-11-6-9(2)10(3)20-11/h6,8,15H,4-5,7H2,1-3H3,(H2,14,16). The topological polar surface area (TPSA) is 90.0 Å². The molecule has 2 heterocycles. The second-order valence-corrected chi connectivity index (χ2v) is 7.99. The van der Waals surface area contributed by atoms with E-state index in [2.05, 4.69) is 9.82 Å². The largest absolute Gasteiger partial charge is 0.381 e. The number of hydrogen-bond acceptors (Lipinski definition) is 5. The number of nitrogen functional groups attached to an aromatic ring is 1. The van der Waals surface area contributed by atoms with Crippen molar-refractivity contribution in [2.45, 2.75) is 45.2 Å². The minimum Gasteiger partial charge on any atom is -0.381 e. The average molecular weight is 328 g/mol. The molecule has 0 atom stereocenters. The number of nitrogens with one attached hydrogen (secondary N) is 1. The van der Waals surface area contributed by atoms with Crippen molar-refractivity contribution in [3.05, 3.63) is 27.6 Å². The average Bonchev–Trinajstić information content (AvgIpc) is 2.92. The van der Waals surface area contributed by atoms with Gasteiger partial charge in [0.1, 0.15) is 4.90 Å². The molecule has 0 saturated carbocycles. The van der Waals surface area contributed by atoms with Crippen molar-refractivity contribution in [1.82, 2.24) is 14.5 Å². The molecule has 116 valence electrons. The Morgan fingerprint density at radius 1 is 1.43 bits per heavy atom. The molecular formula is C13H20N4O2S2. The SMILES string of the molecule is CCCn1cc(S(=O)(=O)NCc2cc(C)c(C)s2)c(N)n1. The molecule has 6 nitrogen and oxygen atoms in total. The van der Waals surface area contributed by atoms with Crippen LogP contribution in [0.15, 0.2) is 17.2 Å². The second-order valence-electron chi connectivity index (χ2n) is 4.92. The number of sulfonamides is 1. The van der Waals surface area contributed by atoms with E-state index in [0.717, 1.165) is 11.3 Å². The maximum absolute atomic E-state index is 12.3. The van der Waals surface area contributed by atoms with E-state index in [0.29, 0.717) is 6.54 Å². The third-order valence-electron chi connectivity index (χ3n) is 3.15. The summed E-state index contributed by atoms with van der Waals surface area (Å²) in [5.74, 6) is 0.0366. The first kappa shape index (κ1) is 16.0. The summed E-state index contributed by atoms with van der Waals surface area (Å²) in [7, 11) is -3.64. The van der Waals surface area contributed by atoms with Gasteiger partial charge in [-0.1, -0.05) is 6.92 Å². The number of hydrogen-bond donors (Lipinski definition) is 2. The van der Waals surface area contributed by atoms with Gasteiger partial charge in [0.15, 0.2) is 5.82 Å². The number of nitrogens with two attached hydrogens (primary N) is 1. The Labute approximate surface area is 129 Å². The van der Waals surface area contributed by atoms with Gasteiger partial charge in [-0.2, -0.15) is 5.10 Å². The zero-order chi connectivity index (χ0) is 15.6. The molecule has 0 aromatic carbocycles. The van der Waals surface area contributed by atoms with Gasteiger partial charge in [-0.05, 0) is 31.9 Å². The molecule has 8 heteroatoms. The van der Waals surface area contributed by atoms with Crippen LogP contribution in [0, 0.1) is 13.8 Å². The number of anilines is 1. The van der Waals surface area contributed by atoms with Gasteiger partial charge >= 0.3 is 0 Å². The summed E-state index contributed by atoms with van der Waals surface area (Å²) in [6.45, 7) is 6.93. The molecule has 0 amide bonds. The van der Waals surface area contributed by atoms with Gasteiger partial charge in [0.25, 0.3) is 0 Å². The molecule has 0 unspecified atom stereocenters. The van der Waals surface area contributed by atoms with Crippen LogP contribution in [0.2, 0.25) is 0 Å². The van der Waals surface area contributed by atoms with Crippen molar-refractivity contribution in [2.75, 3.05) is 5.73 Å². The van der Waals surface area contributed by atoms with Crippen molar-refractivity contribution in [1.29, 1.82) is 0 Å². The van der Waals surface area contributed by atoms with E-state index in [1.54, 1.807) is 16.0 Å². The molecule has 0 radical (unpaired) electrons. The van der Waals surface area contributed by atoms with E-state index in [9.17, 15) is 8.42 Å². The van der Waals surface area contributed by atoms with Crippen molar-refractivity contribution in [3.63, 3.8) is 0 Å². The fourth-order valence-corrected chi connectivity index (χ4v) is 4.11. The van der Waals surface area contributed by atoms with E-state index >= 15 is 0 Å². The highest BCUT2D eigenvalue weighted by Crippen LogP contribution is 2.22. The van der Waals surface area contributed by atoms with E-state index < -0.39 is 10.0 Å². The molecule has 0 fully saturated rings. The third-order valence-corrected chi connectivity index (χ3v) is 5.72. The zero-order valence-electron chi connectivity index (χ0n) is 12.4. The lowest BCUT2D eigenvalue weighted by Gasteiger charge is -2.03. The Hall–Kier alpha value is -1.38. The predicted molar refractivity (Wildman–Crippen MR) is 84.7 cm³/mol. The fourth-order valence-electron chi connectivity index (χ4n) is 1.95. The van der Waals surface area contributed by atoms with Gasteiger partial charge in [-0.15, -0.1) is 11.3 Å². The number of aryl methyl sites for hydroxylation is 3. The monoisotopic (exact) mass is 328 g/mol. The Balaban J connectivity index is 2.14. The van der Waals surface area contributed by atoms with Gasteiger partial charge in [0.2, 0.25) is 10.0 Å². The number of rotatable bonds is 6. The van der Waals surface area contributed by atoms with Crippen LogP contribution < -0.4 is 10.5 Å². The van der Waals surface area contributed by atoms with Crippen LogP contribution in [0.3, 0.4) is 0 Å². The van der Waals surface area contributed by atoms with Gasteiger partial charge in [-0.3, -0.25) is 4.68 Å². The van der Waals surface area contributed by atoms with Crippen molar-refractivity contribution < 1.29 is 8.42 Å². The van der Waals surface area contributed by atoms with Crippen LogP contribution >= 0.6 is 11.3 Å². The number of thiophene rings is 1. The third kappa shape index (κ3) is 3.63. The Kier molecular flexibility index (Phi) is 4.70. The van der Waals surface area contributed by atoms with Crippen LogP contribution in [0.25, 0.3) is 0 Å². The summed E-state index contributed by atoms with van der Waals surface area (Å²) in [4.78, 5) is 2.22. The molecule has 3 N–H and O–H groups in total. The second kappa shape index (κ2) is 6.17. The van der Waals surface area contributed by atoms with Crippen LogP contribution in [0.1, 0.15) is 28.7 Å². The van der Waals surface area contributed by atoms with Crippen LogP contribution in [-0.4, -0.2) is 18.2 Å². The Morgan fingerprint density at radius 2 is 2.14 bits per heavy atom. The smallest absolute Gasteiger partial charge is 0.246 e. The van der Waals surface area contributed by atoms with Gasteiger partial charge in [0, 0.05) is 29.0 Å². The molecule has 2 aromatic rings. The molecule has 0 aliphatic rings. The van der Waals surface area contributed by atoms with E-state index in [1.807, 2.05) is 26.8 Å². The first-order valence-electron chi connectivity index (χ1n) is 6.72. The number of nitrogens with zero attached hydrogens (tertiary/aromatic N) is 2. The molecule has 0 bridgehead atoms. The Morgan fingerprint density at radius 3 is 2.71 bits per heavy atom. The van der Waals surface area contributed by atoms with Crippen molar-refractivity contribution >= 4 is 27.2 Å². The first-order chi connectivity index (χ1) is 9.83. The highest BCUT2D eigenvalue weighted by molar-refractivity contribution is 7.89. The van der Waals surface area contributed by atoms with Crippen molar-refractivity contribution in [2.24, 2.45) is 0 Å². The first-order valence-corrected chi connectivity index (χ1v) is 9.02. The summed E-state index contributed by atoms with van der Waals surface area (Å²) < 4.78 is 28.7. The maximum Gasteiger partial charge on any atom is 0.246 e. The minimum absolute atomic E-state index is 0.0366. The van der Waals surface area contributed by atoms with Crippen LogP contribution in [0.5, 0.6) is 0 Å². The summed E-state index contributed by atoms with van der Waals surface area (Å²) in [6.07, 6.45) is 2.34.